The molecule has 1 unspecified atom stereocenters. The Morgan fingerprint density at radius 1 is 1.50 bits per heavy atom. The van der Waals surface area contributed by atoms with Gasteiger partial charge in [-0.2, -0.15) is 0 Å². The summed E-state index contributed by atoms with van der Waals surface area (Å²) in [6, 6.07) is 5.62. The van der Waals surface area contributed by atoms with Gasteiger partial charge in [0.2, 0.25) is 0 Å². The summed E-state index contributed by atoms with van der Waals surface area (Å²) in [7, 11) is 0. The molecule has 0 spiro atoms. The highest BCUT2D eigenvalue weighted by Gasteiger charge is 2.22. The zero-order valence-electron chi connectivity index (χ0n) is 12.0. The van der Waals surface area contributed by atoms with Crippen molar-refractivity contribution in [3.05, 3.63) is 29.6 Å². The highest BCUT2D eigenvalue weighted by molar-refractivity contribution is 6.17. The number of nitrogens with zero attached hydrogens (tertiary/aromatic N) is 2. The van der Waals surface area contributed by atoms with Gasteiger partial charge in [-0.15, -0.1) is 11.6 Å². The van der Waals surface area contributed by atoms with Gasteiger partial charge in [-0.25, -0.2) is 9.78 Å². The molecule has 0 aliphatic heterocycles. The number of ether oxygens (including phenoxy) is 1. The topological polar surface area (TPSA) is 44.1 Å². The molecule has 2 aromatic rings. The second-order valence-electron chi connectivity index (χ2n) is 4.76. The van der Waals surface area contributed by atoms with E-state index in [-0.39, 0.29) is 5.97 Å². The largest absolute Gasteiger partial charge is 0.464 e. The molecule has 2 rings (SSSR count). The first-order chi connectivity index (χ1) is 9.58. The summed E-state index contributed by atoms with van der Waals surface area (Å²) in [5, 5.41) is 0. The number of fused-ring (bicyclic) bond motifs is 1. The van der Waals surface area contributed by atoms with E-state index in [9.17, 15) is 4.79 Å². The van der Waals surface area contributed by atoms with Gasteiger partial charge in [0.15, 0.2) is 0 Å². The summed E-state index contributed by atoms with van der Waals surface area (Å²) in [5.41, 5.74) is 2.96. The summed E-state index contributed by atoms with van der Waals surface area (Å²) < 4.78 is 7.05. The summed E-state index contributed by atoms with van der Waals surface area (Å²) >= 11 is 5.84. The molecular weight excluding hydrogens is 276 g/mol. The maximum Gasteiger partial charge on any atom is 0.328 e. The van der Waals surface area contributed by atoms with E-state index >= 15 is 0 Å². The number of aryl methyl sites for hydroxylation is 2. The van der Waals surface area contributed by atoms with Crippen LogP contribution in [0.5, 0.6) is 0 Å². The number of hydrogen-bond donors (Lipinski definition) is 0. The Balaban J connectivity index is 2.55. The van der Waals surface area contributed by atoms with E-state index in [0.29, 0.717) is 18.9 Å². The van der Waals surface area contributed by atoms with Crippen LogP contribution in [0, 0.1) is 6.92 Å². The van der Waals surface area contributed by atoms with Gasteiger partial charge in [-0.1, -0.05) is 6.07 Å². The molecule has 1 aromatic heterocycles. The predicted molar refractivity (Wildman–Crippen MR) is 80.2 cm³/mol. The molecule has 0 amide bonds. The minimum atomic E-state index is -0.403. The third-order valence-electron chi connectivity index (χ3n) is 3.25. The van der Waals surface area contributed by atoms with Crippen LogP contribution in [-0.2, 0) is 16.0 Å². The Labute approximate surface area is 123 Å². The molecule has 0 aliphatic rings. The molecule has 5 heteroatoms. The summed E-state index contributed by atoms with van der Waals surface area (Å²) in [5.74, 6) is 1.04. The van der Waals surface area contributed by atoms with Crippen LogP contribution in [0.3, 0.4) is 0 Å². The molecule has 20 heavy (non-hydrogen) atoms. The first-order valence-corrected chi connectivity index (χ1v) is 7.32. The Bertz CT molecular complexity index is 622. The van der Waals surface area contributed by atoms with Crippen molar-refractivity contribution in [2.75, 3.05) is 12.5 Å². The van der Waals surface area contributed by atoms with Crippen molar-refractivity contribution >= 4 is 28.6 Å². The van der Waals surface area contributed by atoms with Gasteiger partial charge < -0.3 is 9.30 Å². The van der Waals surface area contributed by atoms with Gasteiger partial charge in [0.05, 0.1) is 17.6 Å². The minimum absolute atomic E-state index is 0.246. The lowest BCUT2D eigenvalue weighted by Gasteiger charge is -2.16. The Hall–Kier alpha value is -1.55. The monoisotopic (exact) mass is 294 g/mol. The van der Waals surface area contributed by atoms with E-state index in [1.54, 1.807) is 6.92 Å². The number of rotatable bonds is 5. The Morgan fingerprint density at radius 3 is 2.90 bits per heavy atom. The second-order valence-corrected chi connectivity index (χ2v) is 5.14. The van der Waals surface area contributed by atoms with Gasteiger partial charge in [0.1, 0.15) is 11.9 Å². The van der Waals surface area contributed by atoms with E-state index in [1.165, 1.54) is 0 Å². The van der Waals surface area contributed by atoms with Gasteiger partial charge in [0.25, 0.3) is 0 Å². The van der Waals surface area contributed by atoms with Crippen molar-refractivity contribution in [1.82, 2.24) is 9.55 Å². The molecule has 0 saturated carbocycles. The third-order valence-corrected chi connectivity index (χ3v) is 3.44. The quantitative estimate of drug-likeness (QED) is 0.628. The fourth-order valence-corrected chi connectivity index (χ4v) is 2.48. The first-order valence-electron chi connectivity index (χ1n) is 6.78. The summed E-state index contributed by atoms with van der Waals surface area (Å²) in [6.07, 6.45) is 0.624. The van der Waals surface area contributed by atoms with E-state index in [0.717, 1.165) is 22.4 Å². The fourth-order valence-electron chi connectivity index (χ4n) is 2.31. The lowest BCUT2D eigenvalue weighted by Crippen LogP contribution is -2.21. The Kier molecular flexibility index (Phi) is 4.65. The van der Waals surface area contributed by atoms with Crippen LogP contribution in [0.1, 0.15) is 31.3 Å². The number of hydrogen-bond acceptors (Lipinski definition) is 3. The first kappa shape index (κ1) is 14.9. The molecule has 0 fully saturated rings. The van der Waals surface area contributed by atoms with Crippen molar-refractivity contribution in [3.8, 4) is 0 Å². The normalized spacial score (nSPS) is 12.6. The van der Waals surface area contributed by atoms with E-state index < -0.39 is 6.04 Å². The molecule has 0 aliphatic carbocycles. The third kappa shape index (κ3) is 2.80. The van der Waals surface area contributed by atoms with Crippen molar-refractivity contribution in [1.29, 1.82) is 0 Å². The van der Waals surface area contributed by atoms with Gasteiger partial charge in [0, 0.05) is 12.3 Å². The van der Waals surface area contributed by atoms with Gasteiger partial charge in [-0.3, -0.25) is 0 Å². The van der Waals surface area contributed by atoms with Crippen molar-refractivity contribution in [2.24, 2.45) is 0 Å². The molecule has 0 bridgehead atoms. The SMILES string of the molecule is CCOC(=O)C(C)n1c(CCCl)nc2ccc(C)cc21. The molecule has 1 aromatic carbocycles. The molecule has 0 saturated heterocycles. The Morgan fingerprint density at radius 2 is 2.25 bits per heavy atom. The average Bonchev–Trinajstić information content (AvgIpc) is 2.76. The van der Waals surface area contributed by atoms with Crippen LogP contribution in [-0.4, -0.2) is 28.0 Å². The van der Waals surface area contributed by atoms with E-state index in [2.05, 4.69) is 4.98 Å². The maximum absolute atomic E-state index is 12.0. The number of carbonyl (C=O) groups is 1. The van der Waals surface area contributed by atoms with Crippen LogP contribution < -0.4 is 0 Å². The zero-order valence-corrected chi connectivity index (χ0v) is 12.8. The van der Waals surface area contributed by atoms with Crippen molar-refractivity contribution in [3.63, 3.8) is 0 Å². The number of aromatic nitrogens is 2. The van der Waals surface area contributed by atoms with Crippen LogP contribution in [0.25, 0.3) is 11.0 Å². The molecule has 1 heterocycles. The molecule has 0 N–H and O–H groups in total. The van der Waals surface area contributed by atoms with Crippen LogP contribution >= 0.6 is 11.6 Å². The minimum Gasteiger partial charge on any atom is -0.464 e. The predicted octanol–water partition coefficient (Wildman–Crippen LogP) is 3.25. The van der Waals surface area contributed by atoms with Crippen LogP contribution in [0.2, 0.25) is 0 Å². The number of benzene rings is 1. The average molecular weight is 295 g/mol. The molecule has 1 atom stereocenters. The number of esters is 1. The molecular formula is C15H19ClN2O2. The zero-order chi connectivity index (χ0) is 14.7. The maximum atomic E-state index is 12.0. The number of halogens is 1. The standard InChI is InChI=1S/C15H19ClN2O2/c1-4-20-15(19)11(3)18-13-9-10(2)5-6-12(13)17-14(18)7-8-16/h5-6,9,11H,4,7-8H2,1-3H3. The number of alkyl halides is 1. The van der Waals surface area contributed by atoms with E-state index in [1.807, 2.05) is 36.6 Å². The van der Waals surface area contributed by atoms with E-state index in [4.69, 9.17) is 16.3 Å². The summed E-state index contributed by atoms with van der Waals surface area (Å²) in [4.78, 5) is 16.6. The molecule has 0 radical (unpaired) electrons. The molecule has 4 nitrogen and oxygen atoms in total. The molecule has 108 valence electrons. The summed E-state index contributed by atoms with van der Waals surface area (Å²) in [6.45, 7) is 6.03. The van der Waals surface area contributed by atoms with Crippen molar-refractivity contribution in [2.45, 2.75) is 33.2 Å². The lowest BCUT2D eigenvalue weighted by molar-refractivity contribution is -0.146. The smallest absolute Gasteiger partial charge is 0.328 e. The second kappa shape index (κ2) is 6.27. The number of carbonyl (C=O) groups excluding carboxylic acids is 1. The lowest BCUT2D eigenvalue weighted by atomic mass is 10.2. The number of imidazole rings is 1. The van der Waals surface area contributed by atoms with Crippen LogP contribution in [0.4, 0.5) is 0 Å². The fraction of sp³-hybridized carbons (Fsp3) is 0.467. The highest BCUT2D eigenvalue weighted by Crippen LogP contribution is 2.23. The van der Waals surface area contributed by atoms with Gasteiger partial charge >= 0.3 is 5.97 Å². The highest BCUT2D eigenvalue weighted by atomic mass is 35.5. The van der Waals surface area contributed by atoms with Gasteiger partial charge in [-0.05, 0) is 38.5 Å². The van der Waals surface area contributed by atoms with Crippen molar-refractivity contribution < 1.29 is 9.53 Å². The van der Waals surface area contributed by atoms with Crippen LogP contribution in [0.15, 0.2) is 18.2 Å².